The Bertz CT molecular complexity index is 879. The van der Waals surface area contributed by atoms with Crippen LogP contribution < -0.4 is 15.3 Å². The highest BCUT2D eigenvalue weighted by atomic mass is 31.2. The minimum absolute atomic E-state index is 0.140. The minimum Gasteiger partial charge on any atom is -0.457 e. The maximum Gasteiger partial charge on any atom is 0.232 e. The molecule has 7 heteroatoms. The first kappa shape index (κ1) is 22.8. The van der Waals surface area contributed by atoms with Crippen molar-refractivity contribution in [1.29, 1.82) is 0 Å². The fourth-order valence-electron chi connectivity index (χ4n) is 4.88. The fourth-order valence-corrected chi connectivity index (χ4v) is 9.00. The first-order valence-corrected chi connectivity index (χ1v) is 14.9. The van der Waals surface area contributed by atoms with Crippen LogP contribution in [0.2, 0.25) is 0 Å². The van der Waals surface area contributed by atoms with Gasteiger partial charge in [-0.1, -0.05) is 38.5 Å². The smallest absolute Gasteiger partial charge is 0.232 e. The van der Waals surface area contributed by atoms with Crippen molar-refractivity contribution < 1.29 is 23.7 Å². The normalized spacial score (nSPS) is 22.4. The van der Waals surface area contributed by atoms with Gasteiger partial charge in [-0.05, 0) is 74.2 Å². The molecule has 0 spiro atoms. The van der Waals surface area contributed by atoms with E-state index >= 15 is 0 Å². The van der Waals surface area contributed by atoms with Crippen LogP contribution in [-0.4, -0.2) is 21.1 Å². The van der Waals surface area contributed by atoms with Gasteiger partial charge in [0, 0.05) is 21.9 Å². The minimum atomic E-state index is -3.38. The summed E-state index contributed by atoms with van der Waals surface area (Å²) in [6, 6.07) is 13.6. The number of hydrogen-bond acceptors (Lipinski definition) is 3. The molecule has 5 nitrogen and oxygen atoms in total. The summed E-state index contributed by atoms with van der Waals surface area (Å²) < 4.78 is 31.8. The Hall–Kier alpha value is -1.38. The number of hydrogen-bond donors (Lipinski definition) is 2. The summed E-state index contributed by atoms with van der Waals surface area (Å²) in [7, 11) is -6.75. The van der Waals surface area contributed by atoms with Crippen molar-refractivity contribution >= 4 is 25.3 Å². The van der Waals surface area contributed by atoms with E-state index < -0.39 is 14.7 Å². The number of rotatable bonds is 6. The van der Waals surface area contributed by atoms with Gasteiger partial charge in [-0.25, -0.2) is 0 Å². The van der Waals surface area contributed by atoms with Gasteiger partial charge in [0.15, 0.2) is 0 Å². The summed E-state index contributed by atoms with van der Waals surface area (Å²) in [6.45, 7) is 0. The molecule has 2 aliphatic carbocycles. The summed E-state index contributed by atoms with van der Waals surface area (Å²) in [5, 5.41) is 0.964. The van der Waals surface area contributed by atoms with Crippen molar-refractivity contribution in [3.63, 3.8) is 0 Å². The van der Waals surface area contributed by atoms with Gasteiger partial charge in [0.2, 0.25) is 14.7 Å². The molecule has 2 N–H and O–H groups in total. The van der Waals surface area contributed by atoms with E-state index in [9.17, 15) is 18.9 Å². The van der Waals surface area contributed by atoms with Gasteiger partial charge in [0.1, 0.15) is 11.5 Å². The molecule has 31 heavy (non-hydrogen) atoms. The quantitative estimate of drug-likeness (QED) is 0.520. The summed E-state index contributed by atoms with van der Waals surface area (Å²) in [5.41, 5.74) is -0.280. The maximum absolute atomic E-state index is 13.0. The first-order chi connectivity index (χ1) is 14.9. The van der Waals surface area contributed by atoms with Gasteiger partial charge in [0.05, 0.1) is 0 Å². The van der Waals surface area contributed by atoms with Crippen LogP contribution in [0.5, 0.6) is 11.5 Å². The molecule has 2 saturated carbocycles. The van der Waals surface area contributed by atoms with E-state index in [0.717, 1.165) is 64.2 Å². The van der Waals surface area contributed by atoms with Crippen molar-refractivity contribution in [2.75, 3.05) is 0 Å². The average Bonchev–Trinajstić information content (AvgIpc) is 2.81. The SMILES string of the molecule is O=P(O)(c1ccc(Oc2ccc(P(=O)(O)C3CCCCC3)cc2)cc1)C1CCCCC1. The van der Waals surface area contributed by atoms with Crippen molar-refractivity contribution in [2.45, 2.75) is 75.5 Å². The van der Waals surface area contributed by atoms with Gasteiger partial charge in [-0.3, -0.25) is 9.13 Å². The molecule has 0 radical (unpaired) electrons. The summed E-state index contributed by atoms with van der Waals surface area (Å²) in [6.07, 6.45) is 9.64. The van der Waals surface area contributed by atoms with E-state index in [-0.39, 0.29) is 11.3 Å². The molecule has 2 fully saturated rings. The van der Waals surface area contributed by atoms with Crippen molar-refractivity contribution in [1.82, 2.24) is 0 Å². The van der Waals surface area contributed by atoms with Crippen LogP contribution >= 0.6 is 14.7 Å². The third-order valence-corrected chi connectivity index (χ3v) is 11.9. The maximum atomic E-state index is 13.0. The standard InChI is InChI=1S/C24H32O5P2/c25-30(26,21-7-3-1-4-8-21)23-15-11-19(12-16-23)29-20-13-17-24(18-14-20)31(27,28)22-9-5-2-6-10-22/h11-18,21-22H,1-10H2,(H,25,26)(H,27,28). The molecule has 0 saturated heterocycles. The molecule has 2 aromatic rings. The van der Waals surface area contributed by atoms with E-state index in [0.29, 0.717) is 22.1 Å². The highest BCUT2D eigenvalue weighted by Crippen LogP contribution is 2.52. The molecule has 0 amide bonds. The highest BCUT2D eigenvalue weighted by molar-refractivity contribution is 7.67. The Morgan fingerprint density at radius 3 is 1.23 bits per heavy atom. The zero-order valence-electron chi connectivity index (χ0n) is 17.9. The second kappa shape index (κ2) is 9.63. The fraction of sp³-hybridized carbons (Fsp3) is 0.500. The molecule has 0 aliphatic heterocycles. The van der Waals surface area contributed by atoms with Crippen molar-refractivity contribution in [3.05, 3.63) is 48.5 Å². The largest absolute Gasteiger partial charge is 0.457 e. The average molecular weight is 462 g/mol. The lowest BCUT2D eigenvalue weighted by molar-refractivity contribution is 0.430. The number of ether oxygens (including phenoxy) is 1. The lowest BCUT2D eigenvalue weighted by Gasteiger charge is -2.27. The first-order valence-electron chi connectivity index (χ1n) is 11.4. The Kier molecular flexibility index (Phi) is 7.08. The third-order valence-electron chi connectivity index (χ3n) is 6.79. The number of benzene rings is 2. The monoisotopic (exact) mass is 462 g/mol. The van der Waals surface area contributed by atoms with Crippen molar-refractivity contribution in [2.24, 2.45) is 0 Å². The molecule has 2 unspecified atom stereocenters. The molecule has 4 rings (SSSR count). The van der Waals surface area contributed by atoms with Crippen LogP contribution in [0.15, 0.2) is 48.5 Å². The van der Waals surface area contributed by atoms with Gasteiger partial charge in [0.25, 0.3) is 0 Å². The Morgan fingerprint density at radius 2 is 0.903 bits per heavy atom. The van der Waals surface area contributed by atoms with Gasteiger partial charge < -0.3 is 14.5 Å². The summed E-state index contributed by atoms with van der Waals surface area (Å²) in [4.78, 5) is 21.3. The van der Waals surface area contributed by atoms with Crippen LogP contribution in [0, 0.1) is 0 Å². The van der Waals surface area contributed by atoms with E-state index in [1.807, 2.05) is 0 Å². The second-order valence-corrected chi connectivity index (χ2v) is 13.9. The van der Waals surface area contributed by atoms with E-state index in [4.69, 9.17) is 4.74 Å². The van der Waals surface area contributed by atoms with E-state index in [1.165, 1.54) is 0 Å². The Balaban J connectivity index is 1.42. The van der Waals surface area contributed by atoms with Gasteiger partial charge in [-0.2, -0.15) is 0 Å². The molecule has 2 atom stereocenters. The molecule has 2 aromatic carbocycles. The summed E-state index contributed by atoms with van der Waals surface area (Å²) >= 11 is 0. The molecular formula is C24H32O5P2. The zero-order valence-corrected chi connectivity index (χ0v) is 19.6. The Morgan fingerprint density at radius 1 is 0.581 bits per heavy atom. The second-order valence-electron chi connectivity index (χ2n) is 8.92. The lowest BCUT2D eigenvalue weighted by atomic mass is 10.0. The highest BCUT2D eigenvalue weighted by Gasteiger charge is 2.34. The molecule has 168 valence electrons. The van der Waals surface area contributed by atoms with Crippen LogP contribution in [0.25, 0.3) is 0 Å². The zero-order chi connectivity index (χ0) is 21.9. The molecule has 0 bridgehead atoms. The van der Waals surface area contributed by atoms with Gasteiger partial charge in [-0.15, -0.1) is 0 Å². The molecular weight excluding hydrogens is 430 g/mol. The molecule has 2 aliphatic rings. The van der Waals surface area contributed by atoms with E-state index in [1.54, 1.807) is 48.5 Å². The molecule has 0 aromatic heterocycles. The third kappa shape index (κ3) is 5.17. The Labute approximate surface area is 184 Å². The van der Waals surface area contributed by atoms with Crippen LogP contribution in [0.3, 0.4) is 0 Å². The lowest BCUT2D eigenvalue weighted by Crippen LogP contribution is -2.20. The summed E-state index contributed by atoms with van der Waals surface area (Å²) in [5.74, 6) is 1.14. The van der Waals surface area contributed by atoms with Crippen molar-refractivity contribution in [3.8, 4) is 11.5 Å². The van der Waals surface area contributed by atoms with Crippen LogP contribution in [0.4, 0.5) is 0 Å². The predicted molar refractivity (Wildman–Crippen MR) is 126 cm³/mol. The topological polar surface area (TPSA) is 83.8 Å². The van der Waals surface area contributed by atoms with Crippen LogP contribution in [-0.2, 0) is 9.13 Å². The molecule has 0 heterocycles. The van der Waals surface area contributed by atoms with Gasteiger partial charge >= 0.3 is 0 Å². The van der Waals surface area contributed by atoms with E-state index in [2.05, 4.69) is 0 Å². The van der Waals surface area contributed by atoms with Crippen LogP contribution in [0.1, 0.15) is 64.2 Å². The predicted octanol–water partition coefficient (Wildman–Crippen LogP) is 5.94.